The molecule has 18 heavy (non-hydrogen) atoms. The molecule has 1 saturated carbocycles. The molecule has 3 heteroatoms. The monoisotopic (exact) mass is 248 g/mol. The second kappa shape index (κ2) is 6.55. The van der Waals surface area contributed by atoms with Gasteiger partial charge in [-0.25, -0.2) is 0 Å². The molecule has 0 spiro atoms. The smallest absolute Gasteiger partial charge is 0.136 e. The van der Waals surface area contributed by atoms with Crippen molar-refractivity contribution in [2.24, 2.45) is 5.92 Å². The van der Waals surface area contributed by atoms with E-state index in [2.05, 4.69) is 0 Å². The number of para-hydroxylation sites is 1. The summed E-state index contributed by atoms with van der Waals surface area (Å²) in [6, 6.07) is 7.92. The van der Waals surface area contributed by atoms with Gasteiger partial charge in [0.05, 0.1) is 6.61 Å². The van der Waals surface area contributed by atoms with E-state index in [9.17, 15) is 4.79 Å². The van der Waals surface area contributed by atoms with Crippen molar-refractivity contribution in [3.05, 3.63) is 29.8 Å². The Balaban J connectivity index is 1.87. The second-order valence-corrected chi connectivity index (χ2v) is 4.69. The van der Waals surface area contributed by atoms with Crippen LogP contribution in [0.1, 0.15) is 24.8 Å². The highest BCUT2D eigenvalue weighted by Crippen LogP contribution is 2.31. The van der Waals surface area contributed by atoms with Gasteiger partial charge in [-0.1, -0.05) is 18.2 Å². The minimum absolute atomic E-state index is 0.353. The van der Waals surface area contributed by atoms with Crippen LogP contribution in [0.4, 0.5) is 0 Å². The van der Waals surface area contributed by atoms with Crippen LogP contribution in [0.25, 0.3) is 0 Å². The summed E-state index contributed by atoms with van der Waals surface area (Å²) in [5.74, 6) is 1.63. The molecule has 0 saturated heterocycles. The first-order valence-electron chi connectivity index (χ1n) is 6.53. The van der Waals surface area contributed by atoms with Crippen LogP contribution < -0.4 is 4.74 Å². The molecule has 1 aromatic rings. The SMILES string of the molecule is COCCOc1ccccc1CCC(=O)C1CC1. The molecular formula is C15H20O3. The molecule has 0 heterocycles. The Kier molecular flexibility index (Phi) is 4.76. The highest BCUT2D eigenvalue weighted by Gasteiger charge is 2.28. The van der Waals surface area contributed by atoms with Gasteiger partial charge in [0.2, 0.25) is 0 Å². The molecule has 2 rings (SSSR count). The van der Waals surface area contributed by atoms with Crippen molar-refractivity contribution in [1.82, 2.24) is 0 Å². The summed E-state index contributed by atoms with van der Waals surface area (Å²) in [5.41, 5.74) is 1.11. The third-order valence-corrected chi connectivity index (χ3v) is 3.19. The van der Waals surface area contributed by atoms with Crippen LogP contribution in [0.15, 0.2) is 24.3 Å². The first-order valence-corrected chi connectivity index (χ1v) is 6.53. The molecule has 0 atom stereocenters. The van der Waals surface area contributed by atoms with Crippen molar-refractivity contribution in [3.63, 3.8) is 0 Å². The topological polar surface area (TPSA) is 35.5 Å². The zero-order valence-corrected chi connectivity index (χ0v) is 10.9. The van der Waals surface area contributed by atoms with E-state index in [0.29, 0.717) is 31.3 Å². The Hall–Kier alpha value is -1.35. The van der Waals surface area contributed by atoms with Gasteiger partial charge in [0.25, 0.3) is 0 Å². The number of Topliss-reactive ketones (excluding diaryl/α,β-unsaturated/α-hetero) is 1. The van der Waals surface area contributed by atoms with Gasteiger partial charge < -0.3 is 9.47 Å². The van der Waals surface area contributed by atoms with Gasteiger partial charge in [-0.15, -0.1) is 0 Å². The van der Waals surface area contributed by atoms with Gasteiger partial charge in [-0.2, -0.15) is 0 Å². The van der Waals surface area contributed by atoms with Crippen molar-refractivity contribution in [2.45, 2.75) is 25.7 Å². The minimum Gasteiger partial charge on any atom is -0.491 e. The number of rotatable bonds is 8. The van der Waals surface area contributed by atoms with Crippen molar-refractivity contribution >= 4 is 5.78 Å². The van der Waals surface area contributed by atoms with Gasteiger partial charge in [0.15, 0.2) is 0 Å². The van der Waals surface area contributed by atoms with E-state index in [1.807, 2.05) is 24.3 Å². The number of carbonyl (C=O) groups is 1. The highest BCUT2D eigenvalue weighted by atomic mass is 16.5. The van der Waals surface area contributed by atoms with Crippen LogP contribution in [0.3, 0.4) is 0 Å². The van der Waals surface area contributed by atoms with Gasteiger partial charge in [0.1, 0.15) is 18.1 Å². The summed E-state index contributed by atoms with van der Waals surface area (Å²) in [6.45, 7) is 1.12. The number of hydrogen-bond donors (Lipinski definition) is 0. The summed E-state index contributed by atoms with van der Waals surface area (Å²) in [5, 5.41) is 0. The van der Waals surface area contributed by atoms with Gasteiger partial charge in [0, 0.05) is 19.4 Å². The molecule has 0 amide bonds. The van der Waals surface area contributed by atoms with E-state index in [0.717, 1.165) is 30.6 Å². The van der Waals surface area contributed by atoms with Gasteiger partial charge >= 0.3 is 0 Å². The summed E-state index contributed by atoms with van der Waals surface area (Å²) < 4.78 is 10.6. The predicted octanol–water partition coefficient (Wildman–Crippen LogP) is 2.62. The van der Waals surface area contributed by atoms with E-state index in [1.54, 1.807) is 7.11 Å². The predicted molar refractivity (Wildman–Crippen MR) is 69.9 cm³/mol. The van der Waals surface area contributed by atoms with Crippen molar-refractivity contribution in [1.29, 1.82) is 0 Å². The number of methoxy groups -OCH3 is 1. The maximum absolute atomic E-state index is 11.7. The molecular weight excluding hydrogens is 228 g/mol. The third-order valence-electron chi connectivity index (χ3n) is 3.19. The summed E-state index contributed by atoms with van der Waals surface area (Å²) in [7, 11) is 1.66. The Morgan fingerprint density at radius 2 is 2.06 bits per heavy atom. The standard InChI is InChI=1S/C15H20O3/c1-17-10-11-18-15-5-3-2-4-13(15)8-9-14(16)12-6-7-12/h2-5,12H,6-11H2,1H3. The zero-order chi connectivity index (χ0) is 12.8. The van der Waals surface area contributed by atoms with Crippen molar-refractivity contribution in [3.8, 4) is 5.75 Å². The maximum Gasteiger partial charge on any atom is 0.136 e. The van der Waals surface area contributed by atoms with Crippen LogP contribution >= 0.6 is 0 Å². The van der Waals surface area contributed by atoms with E-state index in [-0.39, 0.29) is 0 Å². The van der Waals surface area contributed by atoms with Crippen molar-refractivity contribution < 1.29 is 14.3 Å². The molecule has 0 radical (unpaired) electrons. The van der Waals surface area contributed by atoms with Crippen molar-refractivity contribution in [2.75, 3.05) is 20.3 Å². The highest BCUT2D eigenvalue weighted by molar-refractivity contribution is 5.83. The fourth-order valence-corrected chi connectivity index (χ4v) is 1.95. The molecule has 98 valence electrons. The Morgan fingerprint density at radius 1 is 1.28 bits per heavy atom. The second-order valence-electron chi connectivity index (χ2n) is 4.69. The summed E-state index contributed by atoms with van der Waals surface area (Å²) >= 11 is 0. The average molecular weight is 248 g/mol. The lowest BCUT2D eigenvalue weighted by atomic mass is 10.0. The molecule has 0 unspecified atom stereocenters. The number of ketones is 1. The lowest BCUT2D eigenvalue weighted by molar-refractivity contribution is -0.120. The first-order chi connectivity index (χ1) is 8.81. The quantitative estimate of drug-likeness (QED) is 0.663. The van der Waals surface area contributed by atoms with Crippen LogP contribution in [0.2, 0.25) is 0 Å². The first kappa shape index (κ1) is 13.1. The normalized spacial score (nSPS) is 14.5. The largest absolute Gasteiger partial charge is 0.491 e. The Bertz CT molecular complexity index is 396. The molecule has 0 aromatic heterocycles. The Morgan fingerprint density at radius 3 is 2.78 bits per heavy atom. The Labute approximate surface area is 108 Å². The molecule has 0 N–H and O–H groups in total. The lowest BCUT2D eigenvalue weighted by Gasteiger charge is -2.10. The molecule has 3 nitrogen and oxygen atoms in total. The lowest BCUT2D eigenvalue weighted by Crippen LogP contribution is -2.07. The number of carbonyl (C=O) groups excluding carboxylic acids is 1. The average Bonchev–Trinajstić information content (AvgIpc) is 3.22. The summed E-state index contributed by atoms with van der Waals surface area (Å²) in [4.78, 5) is 11.7. The van der Waals surface area contributed by atoms with Crippen LogP contribution in [0.5, 0.6) is 5.75 Å². The van der Waals surface area contributed by atoms with E-state index in [4.69, 9.17) is 9.47 Å². The fourth-order valence-electron chi connectivity index (χ4n) is 1.95. The van der Waals surface area contributed by atoms with Gasteiger partial charge in [-0.3, -0.25) is 4.79 Å². The number of hydrogen-bond acceptors (Lipinski definition) is 3. The van der Waals surface area contributed by atoms with E-state index >= 15 is 0 Å². The number of benzene rings is 1. The molecule has 0 aliphatic heterocycles. The number of ether oxygens (including phenoxy) is 2. The van der Waals surface area contributed by atoms with Crippen LogP contribution in [0, 0.1) is 5.92 Å². The minimum atomic E-state index is 0.353. The van der Waals surface area contributed by atoms with Crippen LogP contribution in [-0.4, -0.2) is 26.1 Å². The third kappa shape index (κ3) is 3.84. The molecule has 1 aliphatic carbocycles. The van der Waals surface area contributed by atoms with E-state index in [1.165, 1.54) is 0 Å². The molecule has 1 aliphatic rings. The summed E-state index contributed by atoms with van der Waals surface area (Å²) in [6.07, 6.45) is 3.59. The fraction of sp³-hybridized carbons (Fsp3) is 0.533. The number of aryl methyl sites for hydroxylation is 1. The molecule has 1 aromatic carbocycles. The molecule has 1 fully saturated rings. The van der Waals surface area contributed by atoms with Crippen LogP contribution in [-0.2, 0) is 16.0 Å². The van der Waals surface area contributed by atoms with E-state index < -0.39 is 0 Å². The zero-order valence-electron chi connectivity index (χ0n) is 10.9. The van der Waals surface area contributed by atoms with Gasteiger partial charge in [-0.05, 0) is 30.9 Å². The maximum atomic E-state index is 11.7. The molecule has 0 bridgehead atoms.